The monoisotopic (exact) mass is 171 g/mol. The Morgan fingerprint density at radius 1 is 1.33 bits per heavy atom. The summed E-state index contributed by atoms with van der Waals surface area (Å²) in [7, 11) is 0. The van der Waals surface area contributed by atoms with Crippen LogP contribution in [0.1, 0.15) is 47.0 Å². The van der Waals surface area contributed by atoms with E-state index in [1.54, 1.807) is 0 Å². The highest BCUT2D eigenvalue weighted by Gasteiger charge is 2.26. The average Bonchev–Trinajstić information content (AvgIpc) is 2.05. The second kappa shape index (κ2) is 5.31. The Hall–Kier alpha value is -0.370. The zero-order valence-corrected chi connectivity index (χ0v) is 8.72. The molecule has 0 aliphatic heterocycles. The molecule has 0 radical (unpaired) electrons. The van der Waals surface area contributed by atoms with Gasteiger partial charge in [-0.1, -0.05) is 20.3 Å². The Bertz CT molecular complexity index is 154. The van der Waals surface area contributed by atoms with Gasteiger partial charge in [0.1, 0.15) is 5.60 Å². The van der Waals surface area contributed by atoms with Gasteiger partial charge in [-0.25, -0.2) is 0 Å². The van der Waals surface area contributed by atoms with Crippen molar-refractivity contribution in [2.45, 2.75) is 52.6 Å². The Morgan fingerprint density at radius 2 is 1.92 bits per heavy atom. The molecule has 0 aliphatic rings. The van der Waals surface area contributed by atoms with Crippen LogP contribution in [-0.4, -0.2) is 23.0 Å². The van der Waals surface area contributed by atoms with E-state index < -0.39 is 5.60 Å². The molecule has 0 spiro atoms. The van der Waals surface area contributed by atoms with Crippen LogP contribution in [0.3, 0.4) is 0 Å². The van der Waals surface area contributed by atoms with Gasteiger partial charge in [0.2, 0.25) is 0 Å². The van der Waals surface area contributed by atoms with Crippen molar-refractivity contribution in [3.63, 3.8) is 0 Å². The van der Waals surface area contributed by atoms with Crippen LogP contribution in [0, 0.1) is 0 Å². The highest BCUT2D eigenvalue weighted by molar-refractivity contribution is 5.90. The molecule has 72 valence electrons. The van der Waals surface area contributed by atoms with Crippen molar-refractivity contribution >= 4 is 5.71 Å². The molecule has 1 unspecified atom stereocenters. The van der Waals surface area contributed by atoms with Crippen LogP contribution in [0.5, 0.6) is 0 Å². The molecule has 0 heterocycles. The van der Waals surface area contributed by atoms with Gasteiger partial charge in [0.15, 0.2) is 0 Å². The normalized spacial score (nSPS) is 17.6. The van der Waals surface area contributed by atoms with Gasteiger partial charge in [-0.2, -0.15) is 0 Å². The summed E-state index contributed by atoms with van der Waals surface area (Å²) in [6.07, 6.45) is 2.58. The Kier molecular flexibility index (Phi) is 5.14. The summed E-state index contributed by atoms with van der Waals surface area (Å²) in [5.74, 6) is 0. The quantitative estimate of drug-likeness (QED) is 0.633. The fourth-order valence-electron chi connectivity index (χ4n) is 1.41. The van der Waals surface area contributed by atoms with E-state index in [9.17, 15) is 5.11 Å². The maximum atomic E-state index is 10.1. The van der Waals surface area contributed by atoms with Gasteiger partial charge in [-0.05, 0) is 26.7 Å². The van der Waals surface area contributed by atoms with Crippen LogP contribution < -0.4 is 0 Å². The van der Waals surface area contributed by atoms with Crippen LogP contribution >= 0.6 is 0 Å². The lowest BCUT2D eigenvalue weighted by Gasteiger charge is -2.26. The number of aliphatic hydroxyl groups is 1. The van der Waals surface area contributed by atoms with Crippen molar-refractivity contribution in [2.75, 3.05) is 6.54 Å². The molecule has 0 amide bonds. The number of nitrogens with zero attached hydrogens (tertiary/aromatic N) is 1. The van der Waals surface area contributed by atoms with Gasteiger partial charge in [0.25, 0.3) is 0 Å². The molecule has 1 N–H and O–H groups in total. The van der Waals surface area contributed by atoms with E-state index in [-0.39, 0.29) is 0 Å². The fourth-order valence-corrected chi connectivity index (χ4v) is 1.41. The predicted molar refractivity (Wildman–Crippen MR) is 53.8 cm³/mol. The first kappa shape index (κ1) is 11.6. The van der Waals surface area contributed by atoms with Gasteiger partial charge in [-0.3, -0.25) is 4.99 Å². The predicted octanol–water partition coefficient (Wildman–Crippen LogP) is 2.41. The first-order valence-corrected chi connectivity index (χ1v) is 4.84. The summed E-state index contributed by atoms with van der Waals surface area (Å²) in [5.41, 5.74) is 0.236. The third kappa shape index (κ3) is 2.94. The summed E-state index contributed by atoms with van der Waals surface area (Å²) >= 11 is 0. The van der Waals surface area contributed by atoms with Gasteiger partial charge < -0.3 is 5.11 Å². The molecule has 12 heavy (non-hydrogen) atoms. The zero-order chi connectivity index (χ0) is 9.61. The maximum absolute atomic E-state index is 10.1. The van der Waals surface area contributed by atoms with Crippen molar-refractivity contribution in [2.24, 2.45) is 4.99 Å². The number of rotatable bonds is 5. The van der Waals surface area contributed by atoms with E-state index in [0.29, 0.717) is 0 Å². The van der Waals surface area contributed by atoms with Crippen LogP contribution in [0.15, 0.2) is 4.99 Å². The summed E-state index contributed by atoms with van der Waals surface area (Å²) in [6, 6.07) is 0. The lowest BCUT2D eigenvalue weighted by atomic mass is 9.90. The van der Waals surface area contributed by atoms with Crippen LogP contribution in [-0.2, 0) is 0 Å². The SMILES string of the molecule is CCCC(O)(CC)C(C)=NCC. The summed E-state index contributed by atoms with van der Waals surface area (Å²) in [5, 5.41) is 10.1. The Morgan fingerprint density at radius 3 is 2.25 bits per heavy atom. The first-order chi connectivity index (χ1) is 5.60. The summed E-state index contributed by atoms with van der Waals surface area (Å²) in [4.78, 5) is 4.25. The van der Waals surface area contributed by atoms with E-state index in [4.69, 9.17) is 0 Å². The van der Waals surface area contributed by atoms with Crippen LogP contribution in [0.2, 0.25) is 0 Å². The van der Waals surface area contributed by atoms with Crippen molar-refractivity contribution in [3.8, 4) is 0 Å². The molecule has 0 fully saturated rings. The van der Waals surface area contributed by atoms with Crippen molar-refractivity contribution in [1.82, 2.24) is 0 Å². The molecule has 0 aromatic heterocycles. The fraction of sp³-hybridized carbons (Fsp3) is 0.900. The average molecular weight is 171 g/mol. The minimum absolute atomic E-state index is 0.648. The van der Waals surface area contributed by atoms with E-state index in [0.717, 1.165) is 31.5 Å². The standard InChI is InChI=1S/C10H21NO/c1-5-8-10(12,6-2)9(4)11-7-3/h12H,5-8H2,1-4H3. The molecule has 2 nitrogen and oxygen atoms in total. The van der Waals surface area contributed by atoms with Gasteiger partial charge >= 0.3 is 0 Å². The molecule has 0 aromatic rings. The van der Waals surface area contributed by atoms with E-state index in [2.05, 4.69) is 11.9 Å². The molecule has 0 saturated heterocycles. The lowest BCUT2D eigenvalue weighted by molar-refractivity contribution is 0.0963. The van der Waals surface area contributed by atoms with E-state index in [1.807, 2.05) is 20.8 Å². The molecule has 0 saturated carbocycles. The highest BCUT2D eigenvalue weighted by atomic mass is 16.3. The minimum atomic E-state index is -0.648. The topological polar surface area (TPSA) is 32.6 Å². The van der Waals surface area contributed by atoms with E-state index >= 15 is 0 Å². The lowest BCUT2D eigenvalue weighted by Crippen LogP contribution is -2.36. The molecule has 2 heteroatoms. The molecule has 1 atom stereocenters. The van der Waals surface area contributed by atoms with Gasteiger partial charge in [0.05, 0.1) is 0 Å². The van der Waals surface area contributed by atoms with Gasteiger partial charge in [-0.15, -0.1) is 0 Å². The Labute approximate surface area is 75.7 Å². The van der Waals surface area contributed by atoms with Crippen molar-refractivity contribution in [1.29, 1.82) is 0 Å². The second-order valence-electron chi connectivity index (χ2n) is 3.19. The second-order valence-corrected chi connectivity index (χ2v) is 3.19. The smallest absolute Gasteiger partial charge is 0.102 e. The third-order valence-electron chi connectivity index (χ3n) is 2.32. The first-order valence-electron chi connectivity index (χ1n) is 4.84. The maximum Gasteiger partial charge on any atom is 0.102 e. The molecular formula is C10H21NO. The third-order valence-corrected chi connectivity index (χ3v) is 2.32. The zero-order valence-electron chi connectivity index (χ0n) is 8.72. The molecule has 0 aromatic carbocycles. The van der Waals surface area contributed by atoms with Gasteiger partial charge in [0, 0.05) is 12.3 Å². The number of hydrogen-bond donors (Lipinski definition) is 1. The highest BCUT2D eigenvalue weighted by Crippen LogP contribution is 2.19. The molecule has 0 rings (SSSR count). The molecular weight excluding hydrogens is 150 g/mol. The van der Waals surface area contributed by atoms with E-state index in [1.165, 1.54) is 0 Å². The Balaban J connectivity index is 4.39. The van der Waals surface area contributed by atoms with Crippen molar-refractivity contribution < 1.29 is 5.11 Å². The van der Waals surface area contributed by atoms with Crippen LogP contribution in [0.4, 0.5) is 0 Å². The van der Waals surface area contributed by atoms with Crippen molar-refractivity contribution in [3.05, 3.63) is 0 Å². The van der Waals surface area contributed by atoms with Crippen LogP contribution in [0.25, 0.3) is 0 Å². The summed E-state index contributed by atoms with van der Waals surface area (Å²) in [6.45, 7) is 8.76. The number of hydrogen-bond acceptors (Lipinski definition) is 2. The largest absolute Gasteiger partial charge is 0.384 e. The molecule has 0 aliphatic carbocycles. The molecule has 0 bridgehead atoms. The number of aliphatic imine (C=N–C) groups is 1. The summed E-state index contributed by atoms with van der Waals surface area (Å²) < 4.78 is 0. The minimum Gasteiger partial charge on any atom is -0.384 e.